The zero-order valence-corrected chi connectivity index (χ0v) is 12.8. The van der Waals surface area contributed by atoms with Crippen LogP contribution in [0.15, 0.2) is 18.2 Å². The predicted octanol–water partition coefficient (Wildman–Crippen LogP) is 3.12. The molecule has 0 saturated heterocycles. The number of rotatable bonds is 7. The number of hydrogen-bond acceptors (Lipinski definition) is 6. The van der Waals surface area contributed by atoms with Crippen molar-refractivity contribution < 1.29 is 9.47 Å². The van der Waals surface area contributed by atoms with Gasteiger partial charge in [0, 0.05) is 24.5 Å². The van der Waals surface area contributed by atoms with Gasteiger partial charge in [-0.15, -0.1) is 0 Å². The van der Waals surface area contributed by atoms with E-state index >= 15 is 0 Å². The summed E-state index contributed by atoms with van der Waals surface area (Å²) in [6.45, 7) is 2.80. The van der Waals surface area contributed by atoms with E-state index in [4.69, 9.17) is 9.47 Å². The van der Waals surface area contributed by atoms with Gasteiger partial charge in [-0.25, -0.2) is 4.98 Å². The van der Waals surface area contributed by atoms with Gasteiger partial charge in [0.05, 0.1) is 14.2 Å². The Bertz CT molecular complexity index is 557. The van der Waals surface area contributed by atoms with E-state index in [1.165, 1.54) is 11.5 Å². The quantitative estimate of drug-likeness (QED) is 0.850. The average molecular weight is 293 g/mol. The molecule has 5 nitrogen and oxygen atoms in total. The fourth-order valence-electron chi connectivity index (χ4n) is 1.82. The highest BCUT2D eigenvalue weighted by molar-refractivity contribution is 7.09. The Morgan fingerprint density at radius 1 is 1.20 bits per heavy atom. The molecule has 2 aromatic rings. The Balaban J connectivity index is 1.99. The van der Waals surface area contributed by atoms with Crippen molar-refractivity contribution in [2.75, 3.05) is 19.5 Å². The Morgan fingerprint density at radius 2 is 2.00 bits per heavy atom. The van der Waals surface area contributed by atoms with Gasteiger partial charge in [-0.1, -0.05) is 13.0 Å². The van der Waals surface area contributed by atoms with Crippen LogP contribution in [0.1, 0.15) is 24.7 Å². The minimum atomic E-state index is 0.682. The normalized spacial score (nSPS) is 10.3. The zero-order valence-electron chi connectivity index (χ0n) is 12.0. The second-order valence-electron chi connectivity index (χ2n) is 4.31. The molecule has 1 aromatic heterocycles. The molecule has 20 heavy (non-hydrogen) atoms. The molecular weight excluding hydrogens is 274 g/mol. The first-order valence-electron chi connectivity index (χ1n) is 6.54. The van der Waals surface area contributed by atoms with E-state index in [-0.39, 0.29) is 0 Å². The first-order chi connectivity index (χ1) is 9.76. The summed E-state index contributed by atoms with van der Waals surface area (Å²) in [4.78, 5) is 4.43. The summed E-state index contributed by atoms with van der Waals surface area (Å²) in [6.07, 6.45) is 1.99. The van der Waals surface area contributed by atoms with Gasteiger partial charge in [0.25, 0.3) is 0 Å². The Labute approximate surface area is 123 Å². The van der Waals surface area contributed by atoms with Gasteiger partial charge < -0.3 is 14.8 Å². The zero-order chi connectivity index (χ0) is 14.4. The molecule has 2 rings (SSSR count). The molecule has 0 bridgehead atoms. The fraction of sp³-hybridized carbons (Fsp3) is 0.429. The largest absolute Gasteiger partial charge is 0.493 e. The number of nitrogens with one attached hydrogen (secondary N) is 1. The number of aryl methyl sites for hydroxylation is 1. The molecule has 0 radical (unpaired) electrons. The summed E-state index contributed by atoms with van der Waals surface area (Å²) in [6, 6.07) is 5.86. The third-order valence-electron chi connectivity index (χ3n) is 2.83. The van der Waals surface area contributed by atoms with Crippen molar-refractivity contribution in [1.82, 2.24) is 9.36 Å². The van der Waals surface area contributed by atoms with E-state index in [1.807, 2.05) is 18.2 Å². The van der Waals surface area contributed by atoms with Crippen LogP contribution in [0.5, 0.6) is 11.5 Å². The molecule has 0 aliphatic carbocycles. The predicted molar refractivity (Wildman–Crippen MR) is 80.8 cm³/mol. The molecule has 0 atom stereocenters. The standard InChI is InChI=1S/C14H19N3O2S/c1-4-5-13-16-14(20-17-13)15-9-10-6-7-11(18-2)12(8-10)19-3/h6-8H,4-5,9H2,1-3H3,(H,15,16,17). The molecule has 0 saturated carbocycles. The highest BCUT2D eigenvalue weighted by Crippen LogP contribution is 2.27. The summed E-state index contributed by atoms with van der Waals surface area (Å²) in [5, 5.41) is 4.13. The Morgan fingerprint density at radius 3 is 2.70 bits per heavy atom. The molecule has 0 fully saturated rings. The van der Waals surface area contributed by atoms with Gasteiger partial charge in [-0.05, 0) is 24.1 Å². The molecule has 1 heterocycles. The van der Waals surface area contributed by atoms with Gasteiger partial charge >= 0.3 is 0 Å². The lowest BCUT2D eigenvalue weighted by atomic mass is 10.2. The minimum absolute atomic E-state index is 0.682. The van der Waals surface area contributed by atoms with Crippen LogP contribution in [0.4, 0.5) is 5.13 Å². The molecular formula is C14H19N3O2S. The van der Waals surface area contributed by atoms with Crippen molar-refractivity contribution in [3.05, 3.63) is 29.6 Å². The van der Waals surface area contributed by atoms with E-state index in [1.54, 1.807) is 14.2 Å². The molecule has 0 spiro atoms. The summed E-state index contributed by atoms with van der Waals surface area (Å²) < 4.78 is 14.8. The monoisotopic (exact) mass is 293 g/mol. The highest BCUT2D eigenvalue weighted by atomic mass is 32.1. The van der Waals surface area contributed by atoms with Gasteiger partial charge in [-0.2, -0.15) is 4.37 Å². The number of methoxy groups -OCH3 is 2. The maximum atomic E-state index is 5.29. The third-order valence-corrected chi connectivity index (χ3v) is 3.54. The van der Waals surface area contributed by atoms with Crippen LogP contribution in [0.3, 0.4) is 0 Å². The third kappa shape index (κ3) is 3.60. The molecule has 6 heteroatoms. The second kappa shape index (κ2) is 7.09. The van der Waals surface area contributed by atoms with E-state index in [9.17, 15) is 0 Å². The SMILES string of the molecule is CCCc1nsc(NCc2ccc(OC)c(OC)c2)n1. The van der Waals surface area contributed by atoms with Gasteiger partial charge in [-0.3, -0.25) is 0 Å². The van der Waals surface area contributed by atoms with Crippen LogP contribution in [-0.4, -0.2) is 23.6 Å². The highest BCUT2D eigenvalue weighted by Gasteiger charge is 2.06. The van der Waals surface area contributed by atoms with Crippen molar-refractivity contribution in [1.29, 1.82) is 0 Å². The second-order valence-corrected chi connectivity index (χ2v) is 5.06. The maximum absolute atomic E-state index is 5.29. The van der Waals surface area contributed by atoms with Crippen LogP contribution in [0, 0.1) is 0 Å². The van der Waals surface area contributed by atoms with E-state index < -0.39 is 0 Å². The number of nitrogens with zero attached hydrogens (tertiary/aromatic N) is 2. The van der Waals surface area contributed by atoms with E-state index in [0.29, 0.717) is 6.54 Å². The van der Waals surface area contributed by atoms with Crippen LogP contribution < -0.4 is 14.8 Å². The number of aromatic nitrogens is 2. The lowest BCUT2D eigenvalue weighted by Crippen LogP contribution is -2.00. The van der Waals surface area contributed by atoms with Crippen molar-refractivity contribution >= 4 is 16.7 Å². The lowest BCUT2D eigenvalue weighted by Gasteiger charge is -2.09. The molecule has 0 unspecified atom stereocenters. The average Bonchev–Trinajstić information content (AvgIpc) is 2.93. The molecule has 0 aliphatic rings. The van der Waals surface area contributed by atoms with Crippen LogP contribution in [-0.2, 0) is 13.0 Å². The minimum Gasteiger partial charge on any atom is -0.493 e. The van der Waals surface area contributed by atoms with Crippen molar-refractivity contribution in [2.24, 2.45) is 0 Å². The number of benzene rings is 1. The fourth-order valence-corrected chi connectivity index (χ4v) is 2.43. The molecule has 1 aromatic carbocycles. The molecule has 108 valence electrons. The smallest absolute Gasteiger partial charge is 0.202 e. The van der Waals surface area contributed by atoms with Crippen LogP contribution in [0.2, 0.25) is 0 Å². The van der Waals surface area contributed by atoms with Crippen LogP contribution >= 0.6 is 11.5 Å². The summed E-state index contributed by atoms with van der Waals surface area (Å²) in [5.41, 5.74) is 1.11. The number of hydrogen-bond donors (Lipinski definition) is 1. The summed E-state index contributed by atoms with van der Waals surface area (Å²) >= 11 is 1.40. The van der Waals surface area contributed by atoms with Crippen molar-refractivity contribution in [3.8, 4) is 11.5 Å². The van der Waals surface area contributed by atoms with E-state index in [0.717, 1.165) is 40.9 Å². The lowest BCUT2D eigenvalue weighted by molar-refractivity contribution is 0.354. The van der Waals surface area contributed by atoms with E-state index in [2.05, 4.69) is 21.6 Å². The molecule has 0 amide bonds. The molecule has 0 aliphatic heterocycles. The van der Waals surface area contributed by atoms with Gasteiger partial charge in [0.2, 0.25) is 5.13 Å². The topological polar surface area (TPSA) is 56.3 Å². The van der Waals surface area contributed by atoms with Gasteiger partial charge in [0.1, 0.15) is 5.82 Å². The Kier molecular flexibility index (Phi) is 5.17. The first kappa shape index (κ1) is 14.6. The van der Waals surface area contributed by atoms with Gasteiger partial charge in [0.15, 0.2) is 11.5 Å². The summed E-state index contributed by atoms with van der Waals surface area (Å²) in [7, 11) is 3.27. The molecule has 1 N–H and O–H groups in total. The first-order valence-corrected chi connectivity index (χ1v) is 7.31. The number of ether oxygens (including phenoxy) is 2. The Hall–Kier alpha value is -1.82. The maximum Gasteiger partial charge on any atom is 0.202 e. The van der Waals surface area contributed by atoms with Crippen molar-refractivity contribution in [2.45, 2.75) is 26.3 Å². The summed E-state index contributed by atoms with van der Waals surface area (Å²) in [5.74, 6) is 2.38. The number of anilines is 1. The van der Waals surface area contributed by atoms with Crippen molar-refractivity contribution in [3.63, 3.8) is 0 Å². The van der Waals surface area contributed by atoms with Crippen LogP contribution in [0.25, 0.3) is 0 Å².